The molecule has 158 valence electrons. The van der Waals surface area contributed by atoms with Crippen LogP contribution < -0.4 is 14.4 Å². The van der Waals surface area contributed by atoms with Crippen LogP contribution in [-0.2, 0) is 6.54 Å². The lowest BCUT2D eigenvalue weighted by Gasteiger charge is -2.21. The highest BCUT2D eigenvalue weighted by atomic mass is 32.1. The Bertz CT molecular complexity index is 1210. The maximum Gasteiger partial charge on any atom is 0.260 e. The van der Waals surface area contributed by atoms with Gasteiger partial charge in [0.2, 0.25) is 0 Å². The van der Waals surface area contributed by atoms with Gasteiger partial charge in [-0.25, -0.2) is 4.98 Å². The van der Waals surface area contributed by atoms with Gasteiger partial charge in [-0.2, -0.15) is 0 Å². The zero-order valence-corrected chi connectivity index (χ0v) is 18.8. The van der Waals surface area contributed by atoms with Crippen molar-refractivity contribution in [2.45, 2.75) is 20.4 Å². The number of hydrogen-bond donors (Lipinski definition) is 0. The van der Waals surface area contributed by atoms with Gasteiger partial charge in [-0.3, -0.25) is 9.69 Å². The second-order valence-corrected chi connectivity index (χ2v) is 8.38. The first-order chi connectivity index (χ1) is 15.0. The number of amides is 1. The zero-order valence-electron chi connectivity index (χ0n) is 18.0. The summed E-state index contributed by atoms with van der Waals surface area (Å²) in [6.45, 7) is 4.55. The van der Waals surface area contributed by atoms with Crippen LogP contribution >= 0.6 is 11.3 Å². The number of carbonyl (C=O) groups excluding carboxylic acids is 1. The molecular formula is C25H24N2O3S. The number of aromatic nitrogens is 1. The topological polar surface area (TPSA) is 51.7 Å². The van der Waals surface area contributed by atoms with Crippen LogP contribution in [0.4, 0.5) is 5.13 Å². The van der Waals surface area contributed by atoms with Gasteiger partial charge in [-0.15, -0.1) is 0 Å². The van der Waals surface area contributed by atoms with Gasteiger partial charge in [0.1, 0.15) is 11.5 Å². The van der Waals surface area contributed by atoms with Crippen molar-refractivity contribution in [1.29, 1.82) is 0 Å². The van der Waals surface area contributed by atoms with Gasteiger partial charge >= 0.3 is 0 Å². The van der Waals surface area contributed by atoms with E-state index >= 15 is 0 Å². The molecule has 0 radical (unpaired) electrons. The van der Waals surface area contributed by atoms with Gasteiger partial charge in [0, 0.05) is 11.6 Å². The molecule has 1 aromatic heterocycles. The molecule has 1 amide bonds. The standard InChI is InChI=1S/C25H24N2O3S/c1-16-10-17(2)23-22(11-16)26-25(31-23)27(15-18-8-6-5-7-9-18)24(28)19-12-20(29-3)14-21(13-19)30-4/h5-14H,15H2,1-4H3. The number of hydrogen-bond acceptors (Lipinski definition) is 5. The van der Waals surface area contributed by atoms with Gasteiger partial charge < -0.3 is 9.47 Å². The van der Waals surface area contributed by atoms with Crippen LogP contribution in [-0.4, -0.2) is 25.1 Å². The Kier molecular flexibility index (Phi) is 5.91. The minimum atomic E-state index is -0.158. The minimum absolute atomic E-state index is 0.158. The molecule has 1 heterocycles. The van der Waals surface area contributed by atoms with Crippen molar-refractivity contribution in [3.8, 4) is 11.5 Å². The van der Waals surface area contributed by atoms with E-state index in [1.165, 1.54) is 11.3 Å². The SMILES string of the molecule is COc1cc(OC)cc(C(=O)N(Cc2ccccc2)c2nc3cc(C)cc(C)c3s2)c1. The van der Waals surface area contributed by atoms with Crippen LogP contribution in [0.5, 0.6) is 11.5 Å². The molecule has 0 aliphatic carbocycles. The first kappa shape index (κ1) is 20.9. The van der Waals surface area contributed by atoms with E-state index in [9.17, 15) is 4.79 Å². The average molecular weight is 433 g/mol. The number of ether oxygens (including phenoxy) is 2. The van der Waals surface area contributed by atoms with E-state index in [2.05, 4.69) is 26.0 Å². The first-order valence-electron chi connectivity index (χ1n) is 9.95. The molecule has 0 bridgehead atoms. The van der Waals surface area contributed by atoms with E-state index < -0.39 is 0 Å². The van der Waals surface area contributed by atoms with E-state index in [0.717, 1.165) is 26.9 Å². The van der Waals surface area contributed by atoms with E-state index in [0.29, 0.717) is 28.7 Å². The molecule has 0 fully saturated rings. The maximum atomic E-state index is 13.7. The van der Waals surface area contributed by atoms with Crippen molar-refractivity contribution < 1.29 is 14.3 Å². The molecule has 3 aromatic carbocycles. The van der Waals surface area contributed by atoms with Crippen molar-refractivity contribution in [3.63, 3.8) is 0 Å². The summed E-state index contributed by atoms with van der Waals surface area (Å²) in [5.74, 6) is 0.978. The van der Waals surface area contributed by atoms with Gasteiger partial charge in [0.25, 0.3) is 5.91 Å². The minimum Gasteiger partial charge on any atom is -0.497 e. The van der Waals surface area contributed by atoms with Crippen LogP contribution in [0.2, 0.25) is 0 Å². The van der Waals surface area contributed by atoms with Gasteiger partial charge in [-0.05, 0) is 48.7 Å². The normalized spacial score (nSPS) is 10.8. The van der Waals surface area contributed by atoms with Crippen LogP contribution in [0.25, 0.3) is 10.2 Å². The van der Waals surface area contributed by atoms with E-state index in [-0.39, 0.29) is 5.91 Å². The van der Waals surface area contributed by atoms with Crippen molar-refractivity contribution in [1.82, 2.24) is 4.98 Å². The lowest BCUT2D eigenvalue weighted by Crippen LogP contribution is -2.30. The van der Waals surface area contributed by atoms with Crippen molar-refractivity contribution >= 4 is 32.6 Å². The fourth-order valence-electron chi connectivity index (χ4n) is 3.56. The summed E-state index contributed by atoms with van der Waals surface area (Å²) in [6, 6.07) is 19.3. The number of aryl methyl sites for hydroxylation is 2. The molecule has 6 heteroatoms. The predicted octanol–water partition coefficient (Wildman–Crippen LogP) is 5.78. The number of carbonyl (C=O) groups is 1. The van der Waals surface area contributed by atoms with Crippen LogP contribution in [0.3, 0.4) is 0 Å². The summed E-state index contributed by atoms with van der Waals surface area (Å²) in [4.78, 5) is 20.2. The summed E-state index contributed by atoms with van der Waals surface area (Å²) in [6.07, 6.45) is 0. The first-order valence-corrected chi connectivity index (χ1v) is 10.8. The quantitative estimate of drug-likeness (QED) is 0.388. The lowest BCUT2D eigenvalue weighted by molar-refractivity contribution is 0.0984. The summed E-state index contributed by atoms with van der Waals surface area (Å²) in [5, 5.41) is 0.666. The number of nitrogens with zero attached hydrogens (tertiary/aromatic N) is 2. The molecule has 4 aromatic rings. The fraction of sp³-hybridized carbons (Fsp3) is 0.200. The number of thiazole rings is 1. The largest absolute Gasteiger partial charge is 0.497 e. The molecule has 0 saturated heterocycles. The molecule has 0 unspecified atom stereocenters. The van der Waals surface area contributed by atoms with Gasteiger partial charge in [0.05, 0.1) is 31.0 Å². The van der Waals surface area contributed by atoms with Crippen molar-refractivity contribution in [3.05, 3.63) is 82.9 Å². The highest BCUT2D eigenvalue weighted by Crippen LogP contribution is 2.34. The van der Waals surface area contributed by atoms with Crippen LogP contribution in [0, 0.1) is 13.8 Å². The van der Waals surface area contributed by atoms with E-state index in [4.69, 9.17) is 14.5 Å². The average Bonchev–Trinajstić information content (AvgIpc) is 3.21. The fourth-order valence-corrected chi connectivity index (χ4v) is 4.57. The molecule has 5 nitrogen and oxygen atoms in total. The smallest absolute Gasteiger partial charge is 0.260 e. The molecule has 4 rings (SSSR count). The summed E-state index contributed by atoms with van der Waals surface area (Å²) in [5.41, 5.74) is 4.73. The Balaban J connectivity index is 1.82. The Labute approximate surface area is 185 Å². The molecule has 0 N–H and O–H groups in total. The van der Waals surface area contributed by atoms with E-state index in [1.54, 1.807) is 37.3 Å². The third-order valence-electron chi connectivity index (χ3n) is 5.07. The Hall–Kier alpha value is -3.38. The molecule has 0 saturated carbocycles. The molecule has 0 aliphatic rings. The summed E-state index contributed by atoms with van der Waals surface area (Å²) < 4.78 is 11.8. The van der Waals surface area contributed by atoms with Crippen LogP contribution in [0.1, 0.15) is 27.0 Å². The monoisotopic (exact) mass is 432 g/mol. The molecule has 0 spiro atoms. The molecule has 31 heavy (non-hydrogen) atoms. The van der Waals surface area contributed by atoms with Crippen LogP contribution in [0.15, 0.2) is 60.7 Å². The maximum absolute atomic E-state index is 13.7. The second kappa shape index (κ2) is 8.78. The Morgan fingerprint density at radius 3 is 2.29 bits per heavy atom. The predicted molar refractivity (Wildman–Crippen MR) is 126 cm³/mol. The molecule has 0 aliphatic heterocycles. The number of anilines is 1. The summed E-state index contributed by atoms with van der Waals surface area (Å²) >= 11 is 1.53. The Morgan fingerprint density at radius 1 is 0.968 bits per heavy atom. The van der Waals surface area contributed by atoms with Gasteiger partial charge in [0.15, 0.2) is 5.13 Å². The number of rotatable bonds is 6. The number of methoxy groups -OCH3 is 2. The number of fused-ring (bicyclic) bond motifs is 1. The Morgan fingerprint density at radius 2 is 1.65 bits per heavy atom. The van der Waals surface area contributed by atoms with E-state index in [1.807, 2.05) is 30.3 Å². The van der Waals surface area contributed by atoms with Crippen molar-refractivity contribution in [2.75, 3.05) is 19.1 Å². The highest BCUT2D eigenvalue weighted by Gasteiger charge is 2.23. The zero-order chi connectivity index (χ0) is 22.0. The third-order valence-corrected chi connectivity index (χ3v) is 6.30. The molecule has 0 atom stereocenters. The number of benzene rings is 3. The lowest BCUT2D eigenvalue weighted by atomic mass is 10.1. The molecular weight excluding hydrogens is 408 g/mol. The van der Waals surface area contributed by atoms with Crippen molar-refractivity contribution in [2.24, 2.45) is 0 Å². The highest BCUT2D eigenvalue weighted by molar-refractivity contribution is 7.22. The third kappa shape index (κ3) is 4.39. The van der Waals surface area contributed by atoms with Gasteiger partial charge in [-0.1, -0.05) is 47.7 Å². The summed E-state index contributed by atoms with van der Waals surface area (Å²) in [7, 11) is 3.15. The second-order valence-electron chi connectivity index (χ2n) is 7.40.